The molecule has 0 radical (unpaired) electrons. The van der Waals surface area contributed by atoms with Crippen LogP contribution >= 0.6 is 22.9 Å². The van der Waals surface area contributed by atoms with Crippen LogP contribution in [-0.4, -0.2) is 23.1 Å². The van der Waals surface area contributed by atoms with E-state index in [1.807, 2.05) is 18.2 Å². The summed E-state index contributed by atoms with van der Waals surface area (Å²) in [6.45, 7) is 4.91. The van der Waals surface area contributed by atoms with Gasteiger partial charge in [-0.2, -0.15) is 0 Å². The fourth-order valence-corrected chi connectivity index (χ4v) is 5.61. The largest absolute Gasteiger partial charge is 0.463 e. The van der Waals surface area contributed by atoms with Gasteiger partial charge in [-0.1, -0.05) is 47.2 Å². The molecule has 1 aliphatic rings. The van der Waals surface area contributed by atoms with Crippen LogP contribution in [0, 0.1) is 0 Å². The number of benzene rings is 2. The predicted molar refractivity (Wildman–Crippen MR) is 147 cm³/mol. The van der Waals surface area contributed by atoms with Crippen molar-refractivity contribution in [1.29, 1.82) is 0 Å². The summed E-state index contributed by atoms with van der Waals surface area (Å²) < 4.78 is 18.3. The molecule has 0 fully saturated rings. The Kier molecular flexibility index (Phi) is 7.36. The number of rotatable bonds is 6. The summed E-state index contributed by atoms with van der Waals surface area (Å²) in [4.78, 5) is 43.1. The molecule has 1 aliphatic heterocycles. The van der Waals surface area contributed by atoms with Crippen LogP contribution in [0.2, 0.25) is 5.02 Å². The fraction of sp³-hybridized carbons (Fsp3) is 0.172. The third-order valence-corrected chi connectivity index (χ3v) is 7.33. The summed E-state index contributed by atoms with van der Waals surface area (Å²) in [5, 5.41) is 0.555. The smallest absolute Gasteiger partial charge is 0.338 e. The molecule has 10 heteroatoms. The molecular weight excluding hydrogens is 540 g/mol. The molecule has 8 nitrogen and oxygen atoms in total. The quantitative estimate of drug-likeness (QED) is 0.251. The minimum absolute atomic E-state index is 0.171. The summed E-state index contributed by atoms with van der Waals surface area (Å²) in [6.07, 6.45) is 1.65. The van der Waals surface area contributed by atoms with Gasteiger partial charge in [-0.15, -0.1) is 0 Å². The van der Waals surface area contributed by atoms with E-state index in [2.05, 4.69) is 4.99 Å². The lowest BCUT2D eigenvalue weighted by Gasteiger charge is -2.24. The SMILES string of the molecule is CCOC(=O)C1=C(C)N=c2sc(=Cc3ccc(-c4ccccc4Cl)o3)c(=O)n2[C@H]1c1ccc(OC(C)=O)cc1. The topological polar surface area (TPSA) is 100 Å². The van der Waals surface area contributed by atoms with Crippen LogP contribution in [0.25, 0.3) is 17.4 Å². The molecule has 0 amide bonds. The van der Waals surface area contributed by atoms with Gasteiger partial charge in [-0.3, -0.25) is 14.2 Å². The van der Waals surface area contributed by atoms with Crippen LogP contribution < -0.4 is 19.6 Å². The average Bonchev–Trinajstić information content (AvgIpc) is 3.48. The summed E-state index contributed by atoms with van der Waals surface area (Å²) in [5.74, 6) is 0.389. The number of carbonyl (C=O) groups is 2. The Labute approximate surface area is 232 Å². The van der Waals surface area contributed by atoms with E-state index in [0.717, 1.165) is 5.56 Å². The van der Waals surface area contributed by atoms with Gasteiger partial charge in [0.25, 0.3) is 5.56 Å². The molecule has 0 saturated carbocycles. The molecule has 0 N–H and O–H groups in total. The van der Waals surface area contributed by atoms with E-state index in [0.29, 0.717) is 42.9 Å². The van der Waals surface area contributed by atoms with E-state index in [-0.39, 0.29) is 17.7 Å². The summed E-state index contributed by atoms with van der Waals surface area (Å²) in [7, 11) is 0. The number of carbonyl (C=O) groups excluding carboxylic acids is 2. The van der Waals surface area contributed by atoms with Crippen molar-refractivity contribution in [1.82, 2.24) is 4.57 Å². The second kappa shape index (κ2) is 10.9. The second-order valence-electron chi connectivity index (χ2n) is 8.65. The standard InChI is InChI=1S/C29H23ClN2O6S/c1-4-36-28(35)25-16(2)31-29-32(26(25)18-9-11-19(12-10-18)37-17(3)33)27(34)24(39-29)15-20-13-14-23(38-20)21-7-5-6-8-22(21)30/h5-15,26H,4H2,1-3H3/t26-/m0/s1. The van der Waals surface area contributed by atoms with Crippen molar-refractivity contribution in [3.05, 3.63) is 108 Å². The molecule has 3 heterocycles. The summed E-state index contributed by atoms with van der Waals surface area (Å²) in [5.41, 5.74) is 1.75. The van der Waals surface area contributed by atoms with Crippen molar-refractivity contribution >= 4 is 41.0 Å². The van der Waals surface area contributed by atoms with Gasteiger partial charge in [-0.05, 0) is 55.8 Å². The summed E-state index contributed by atoms with van der Waals surface area (Å²) >= 11 is 7.50. The first-order valence-electron chi connectivity index (χ1n) is 12.1. The molecule has 2 aromatic heterocycles. The normalized spacial score (nSPS) is 15.1. The molecule has 0 unspecified atom stereocenters. The Balaban J connectivity index is 1.62. The van der Waals surface area contributed by atoms with Crippen LogP contribution in [0.1, 0.15) is 38.1 Å². The zero-order chi connectivity index (χ0) is 27.7. The van der Waals surface area contributed by atoms with Crippen molar-refractivity contribution in [3.8, 4) is 17.1 Å². The van der Waals surface area contributed by atoms with E-state index in [4.69, 9.17) is 25.5 Å². The molecule has 1 atom stereocenters. The number of aromatic nitrogens is 1. The van der Waals surface area contributed by atoms with Crippen molar-refractivity contribution in [2.45, 2.75) is 26.8 Å². The zero-order valence-corrected chi connectivity index (χ0v) is 22.8. The van der Waals surface area contributed by atoms with Crippen LogP contribution in [0.3, 0.4) is 0 Å². The van der Waals surface area contributed by atoms with Crippen molar-refractivity contribution in [3.63, 3.8) is 0 Å². The van der Waals surface area contributed by atoms with Crippen LogP contribution in [-0.2, 0) is 14.3 Å². The zero-order valence-electron chi connectivity index (χ0n) is 21.3. The molecule has 0 bridgehead atoms. The number of hydrogen-bond acceptors (Lipinski definition) is 8. The Hall–Kier alpha value is -4.21. The molecule has 198 valence electrons. The highest BCUT2D eigenvalue weighted by atomic mass is 35.5. The second-order valence-corrected chi connectivity index (χ2v) is 10.1. The third-order valence-electron chi connectivity index (χ3n) is 6.01. The highest BCUT2D eigenvalue weighted by molar-refractivity contribution is 7.07. The highest BCUT2D eigenvalue weighted by Gasteiger charge is 2.33. The highest BCUT2D eigenvalue weighted by Crippen LogP contribution is 2.32. The van der Waals surface area contributed by atoms with Crippen LogP contribution in [0.5, 0.6) is 5.75 Å². The molecule has 0 aliphatic carbocycles. The number of fused-ring (bicyclic) bond motifs is 1. The van der Waals surface area contributed by atoms with Crippen molar-refractivity contribution < 1.29 is 23.5 Å². The Morgan fingerprint density at radius 2 is 1.87 bits per heavy atom. The van der Waals surface area contributed by atoms with Gasteiger partial charge in [0.05, 0.1) is 33.5 Å². The molecular formula is C29H23ClN2O6S. The van der Waals surface area contributed by atoms with Gasteiger partial charge >= 0.3 is 11.9 Å². The molecule has 4 aromatic rings. The van der Waals surface area contributed by atoms with Crippen molar-refractivity contribution in [2.24, 2.45) is 4.99 Å². The number of hydrogen-bond donors (Lipinski definition) is 0. The minimum atomic E-state index is -0.788. The third kappa shape index (κ3) is 5.23. The Morgan fingerprint density at radius 3 is 2.56 bits per heavy atom. The van der Waals surface area contributed by atoms with E-state index in [1.54, 1.807) is 62.4 Å². The first kappa shape index (κ1) is 26.4. The number of esters is 2. The first-order chi connectivity index (χ1) is 18.8. The average molecular weight is 563 g/mol. The summed E-state index contributed by atoms with van der Waals surface area (Å²) in [6, 6.07) is 16.7. The molecule has 0 saturated heterocycles. The fourth-order valence-electron chi connectivity index (χ4n) is 4.36. The Bertz CT molecular complexity index is 1800. The van der Waals surface area contributed by atoms with Crippen molar-refractivity contribution in [2.75, 3.05) is 6.61 Å². The number of thiazole rings is 1. The number of furan rings is 1. The van der Waals surface area contributed by atoms with E-state index in [9.17, 15) is 14.4 Å². The number of halogens is 1. The number of ether oxygens (including phenoxy) is 2. The lowest BCUT2D eigenvalue weighted by Crippen LogP contribution is -2.39. The van der Waals surface area contributed by atoms with Gasteiger partial charge in [0.2, 0.25) is 0 Å². The lowest BCUT2D eigenvalue weighted by atomic mass is 9.96. The van der Waals surface area contributed by atoms with Crippen LogP contribution in [0.4, 0.5) is 0 Å². The van der Waals surface area contributed by atoms with Gasteiger partial charge in [-0.25, -0.2) is 9.79 Å². The van der Waals surface area contributed by atoms with Gasteiger partial charge in [0.15, 0.2) is 4.80 Å². The molecule has 2 aromatic carbocycles. The molecule has 5 rings (SSSR count). The van der Waals surface area contributed by atoms with Crippen LogP contribution in [0.15, 0.2) is 86.1 Å². The van der Waals surface area contributed by atoms with Gasteiger partial charge in [0, 0.05) is 18.6 Å². The maximum Gasteiger partial charge on any atom is 0.338 e. The van der Waals surface area contributed by atoms with E-state index < -0.39 is 18.0 Å². The first-order valence-corrected chi connectivity index (χ1v) is 13.3. The van der Waals surface area contributed by atoms with E-state index >= 15 is 0 Å². The Morgan fingerprint density at radius 1 is 1.13 bits per heavy atom. The minimum Gasteiger partial charge on any atom is -0.463 e. The number of allylic oxidation sites excluding steroid dienone is 1. The van der Waals surface area contributed by atoms with Gasteiger partial charge < -0.3 is 13.9 Å². The predicted octanol–water partition coefficient (Wildman–Crippen LogP) is 4.64. The maximum atomic E-state index is 13.8. The lowest BCUT2D eigenvalue weighted by molar-refractivity contribution is -0.139. The molecule has 0 spiro atoms. The molecule has 39 heavy (non-hydrogen) atoms. The maximum absolute atomic E-state index is 13.8. The van der Waals surface area contributed by atoms with E-state index in [1.165, 1.54) is 22.8 Å². The number of nitrogens with zero attached hydrogens (tertiary/aromatic N) is 2. The van der Waals surface area contributed by atoms with Gasteiger partial charge in [0.1, 0.15) is 17.3 Å². The monoisotopic (exact) mass is 562 g/mol.